The van der Waals surface area contributed by atoms with Crippen LogP contribution in [0.25, 0.3) is 0 Å². The lowest BCUT2D eigenvalue weighted by Gasteiger charge is -2.12. The first-order valence-electron chi connectivity index (χ1n) is 7.22. The van der Waals surface area contributed by atoms with E-state index in [1.54, 1.807) is 18.2 Å². The third-order valence-electron chi connectivity index (χ3n) is 3.31. The summed E-state index contributed by atoms with van der Waals surface area (Å²) in [4.78, 5) is 12.0. The second-order valence-corrected chi connectivity index (χ2v) is 4.94. The van der Waals surface area contributed by atoms with E-state index in [-0.39, 0.29) is 6.79 Å². The molecule has 2 aromatic rings. The van der Waals surface area contributed by atoms with Crippen molar-refractivity contribution in [2.45, 2.75) is 19.8 Å². The van der Waals surface area contributed by atoms with Crippen LogP contribution < -0.4 is 19.5 Å². The van der Waals surface area contributed by atoms with Crippen LogP contribution in [0.3, 0.4) is 0 Å². The highest BCUT2D eigenvalue weighted by Gasteiger charge is 2.18. The number of carbonyl (C=O) groups is 1. The summed E-state index contributed by atoms with van der Waals surface area (Å²) < 4.78 is 16.0. The van der Waals surface area contributed by atoms with E-state index in [2.05, 4.69) is 12.2 Å². The summed E-state index contributed by atoms with van der Waals surface area (Å²) in [6, 6.07) is 12.6. The molecule has 0 saturated carbocycles. The molecule has 3 rings (SSSR count). The molecule has 0 spiro atoms. The molecule has 22 heavy (non-hydrogen) atoms. The first-order valence-corrected chi connectivity index (χ1v) is 7.22. The van der Waals surface area contributed by atoms with Gasteiger partial charge in [-0.25, -0.2) is 4.79 Å². The molecule has 1 N–H and O–H groups in total. The number of hydrogen-bond donors (Lipinski definition) is 1. The number of aryl methyl sites for hydroxylation is 1. The average Bonchev–Trinajstić information content (AvgIpc) is 2.96. The summed E-state index contributed by atoms with van der Waals surface area (Å²) in [5.74, 6) is 1.85. The maximum Gasteiger partial charge on any atom is 0.417 e. The van der Waals surface area contributed by atoms with Crippen LogP contribution in [0, 0.1) is 0 Å². The molecule has 114 valence electrons. The smallest absolute Gasteiger partial charge is 0.417 e. The van der Waals surface area contributed by atoms with Gasteiger partial charge in [-0.3, -0.25) is 5.32 Å². The Bertz CT molecular complexity index is 670. The van der Waals surface area contributed by atoms with Crippen LogP contribution in [-0.2, 0) is 6.42 Å². The van der Waals surface area contributed by atoms with Gasteiger partial charge in [-0.2, -0.15) is 0 Å². The van der Waals surface area contributed by atoms with Gasteiger partial charge < -0.3 is 14.2 Å². The first kappa shape index (κ1) is 14.3. The quantitative estimate of drug-likeness (QED) is 0.927. The highest BCUT2D eigenvalue weighted by Crippen LogP contribution is 2.37. The van der Waals surface area contributed by atoms with Gasteiger partial charge in [-0.05, 0) is 30.2 Å². The van der Waals surface area contributed by atoms with Crippen LogP contribution in [0.2, 0.25) is 0 Å². The number of amides is 1. The number of ether oxygens (including phenoxy) is 3. The molecule has 1 heterocycles. The number of nitrogens with one attached hydrogen (secondary N) is 1. The highest BCUT2D eigenvalue weighted by molar-refractivity contribution is 5.88. The van der Waals surface area contributed by atoms with Gasteiger partial charge in [0.05, 0.1) is 5.69 Å². The fraction of sp³-hybridized carbons (Fsp3) is 0.235. The predicted molar refractivity (Wildman–Crippen MR) is 82.6 cm³/mol. The number of fused-ring (bicyclic) bond motifs is 1. The Labute approximate surface area is 128 Å². The zero-order chi connectivity index (χ0) is 15.4. The monoisotopic (exact) mass is 299 g/mol. The van der Waals surface area contributed by atoms with Crippen LogP contribution in [-0.4, -0.2) is 12.9 Å². The Morgan fingerprint density at radius 2 is 1.91 bits per heavy atom. The van der Waals surface area contributed by atoms with Crippen LogP contribution in [0.1, 0.15) is 18.9 Å². The minimum Gasteiger partial charge on any atom is -0.454 e. The van der Waals surface area contributed by atoms with Crippen LogP contribution >= 0.6 is 0 Å². The van der Waals surface area contributed by atoms with Gasteiger partial charge in [0.2, 0.25) is 6.79 Å². The first-order chi connectivity index (χ1) is 10.8. The van der Waals surface area contributed by atoms with E-state index in [0.717, 1.165) is 18.4 Å². The van der Waals surface area contributed by atoms with Crippen molar-refractivity contribution in [1.29, 1.82) is 0 Å². The van der Waals surface area contributed by atoms with Gasteiger partial charge in [0.15, 0.2) is 11.5 Å². The molecule has 2 aromatic carbocycles. The van der Waals surface area contributed by atoms with E-state index in [1.165, 1.54) is 0 Å². The van der Waals surface area contributed by atoms with Crippen molar-refractivity contribution in [3.05, 3.63) is 48.0 Å². The van der Waals surface area contributed by atoms with Gasteiger partial charge in [-0.1, -0.05) is 31.5 Å². The third-order valence-corrected chi connectivity index (χ3v) is 3.31. The zero-order valence-corrected chi connectivity index (χ0v) is 12.3. The largest absolute Gasteiger partial charge is 0.454 e. The molecule has 0 atom stereocenters. The minimum atomic E-state index is -0.526. The highest BCUT2D eigenvalue weighted by atomic mass is 16.7. The SMILES string of the molecule is CCCc1cc2c(cc1NC(=O)Oc1ccccc1)OCO2. The lowest BCUT2D eigenvalue weighted by atomic mass is 10.1. The van der Waals surface area contributed by atoms with E-state index >= 15 is 0 Å². The number of para-hydroxylation sites is 1. The minimum absolute atomic E-state index is 0.207. The number of carbonyl (C=O) groups excluding carboxylic acids is 1. The Kier molecular flexibility index (Phi) is 4.14. The maximum absolute atomic E-state index is 12.0. The van der Waals surface area contributed by atoms with Crippen molar-refractivity contribution in [2.75, 3.05) is 12.1 Å². The van der Waals surface area contributed by atoms with E-state index < -0.39 is 6.09 Å². The van der Waals surface area contributed by atoms with Crippen molar-refractivity contribution in [3.8, 4) is 17.2 Å². The third kappa shape index (κ3) is 3.14. The van der Waals surface area contributed by atoms with Crippen molar-refractivity contribution < 1.29 is 19.0 Å². The van der Waals surface area contributed by atoms with Gasteiger partial charge in [-0.15, -0.1) is 0 Å². The lowest BCUT2D eigenvalue weighted by molar-refractivity contribution is 0.174. The molecule has 0 fully saturated rings. The molecule has 0 aromatic heterocycles. The maximum atomic E-state index is 12.0. The van der Waals surface area contributed by atoms with Gasteiger partial charge >= 0.3 is 6.09 Å². The average molecular weight is 299 g/mol. The zero-order valence-electron chi connectivity index (χ0n) is 12.3. The van der Waals surface area contributed by atoms with Crippen LogP contribution in [0.5, 0.6) is 17.2 Å². The summed E-state index contributed by atoms with van der Waals surface area (Å²) >= 11 is 0. The lowest BCUT2D eigenvalue weighted by Crippen LogP contribution is -2.17. The summed E-state index contributed by atoms with van der Waals surface area (Å²) in [6.45, 7) is 2.29. The van der Waals surface area contributed by atoms with Gasteiger partial charge in [0.1, 0.15) is 5.75 Å². The molecule has 0 radical (unpaired) electrons. The molecular weight excluding hydrogens is 282 g/mol. The fourth-order valence-electron chi connectivity index (χ4n) is 2.31. The molecule has 0 bridgehead atoms. The standard InChI is InChI=1S/C17H17NO4/c1-2-6-12-9-15-16(21-11-20-15)10-14(12)18-17(19)22-13-7-4-3-5-8-13/h3-5,7-10H,2,6,11H2,1H3,(H,18,19). The number of rotatable bonds is 4. The van der Waals surface area contributed by atoms with Crippen LogP contribution in [0.4, 0.5) is 10.5 Å². The van der Waals surface area contributed by atoms with Crippen molar-refractivity contribution in [1.82, 2.24) is 0 Å². The van der Waals surface area contributed by atoms with Gasteiger partial charge in [0.25, 0.3) is 0 Å². The molecule has 5 nitrogen and oxygen atoms in total. The number of benzene rings is 2. The van der Waals surface area contributed by atoms with E-state index in [9.17, 15) is 4.79 Å². The predicted octanol–water partition coefficient (Wildman–Crippen LogP) is 3.98. The van der Waals surface area contributed by atoms with E-state index in [1.807, 2.05) is 24.3 Å². The second kappa shape index (κ2) is 6.39. The van der Waals surface area contributed by atoms with E-state index in [0.29, 0.717) is 22.9 Å². The molecular formula is C17H17NO4. The number of anilines is 1. The second-order valence-electron chi connectivity index (χ2n) is 4.94. The Morgan fingerprint density at radius 3 is 2.64 bits per heavy atom. The van der Waals surface area contributed by atoms with E-state index in [4.69, 9.17) is 14.2 Å². The fourth-order valence-corrected chi connectivity index (χ4v) is 2.31. The topological polar surface area (TPSA) is 56.8 Å². The molecule has 1 aliphatic heterocycles. The normalized spacial score (nSPS) is 12.0. The number of hydrogen-bond acceptors (Lipinski definition) is 4. The van der Waals surface area contributed by atoms with Crippen molar-refractivity contribution in [3.63, 3.8) is 0 Å². The molecule has 0 unspecified atom stereocenters. The summed E-state index contributed by atoms with van der Waals surface area (Å²) in [5, 5.41) is 2.78. The Morgan fingerprint density at radius 1 is 1.18 bits per heavy atom. The molecule has 0 saturated heterocycles. The molecule has 1 amide bonds. The molecule has 0 aliphatic carbocycles. The summed E-state index contributed by atoms with van der Waals surface area (Å²) in [6.07, 6.45) is 1.27. The summed E-state index contributed by atoms with van der Waals surface area (Å²) in [7, 11) is 0. The summed E-state index contributed by atoms with van der Waals surface area (Å²) in [5.41, 5.74) is 1.68. The van der Waals surface area contributed by atoms with Gasteiger partial charge in [0, 0.05) is 6.07 Å². The molecule has 1 aliphatic rings. The van der Waals surface area contributed by atoms with Crippen molar-refractivity contribution in [2.24, 2.45) is 0 Å². The Balaban J connectivity index is 1.77. The van der Waals surface area contributed by atoms with Crippen molar-refractivity contribution >= 4 is 11.8 Å². The molecule has 5 heteroatoms. The Hall–Kier alpha value is -2.69. The van der Waals surface area contributed by atoms with Crippen LogP contribution in [0.15, 0.2) is 42.5 Å².